The predicted molar refractivity (Wildman–Crippen MR) is 97.2 cm³/mol. The Bertz CT molecular complexity index is 752. The van der Waals surface area contributed by atoms with Gasteiger partial charge in [0.2, 0.25) is 5.91 Å². The number of aryl methyl sites for hydroxylation is 1. The lowest BCUT2D eigenvalue weighted by atomic mass is 9.62. The maximum atomic E-state index is 12.2. The van der Waals surface area contributed by atoms with Crippen molar-refractivity contribution in [2.75, 3.05) is 0 Å². The zero-order valence-corrected chi connectivity index (χ0v) is 15.2. The number of fused-ring (bicyclic) bond motifs is 3. The first-order chi connectivity index (χ1) is 12.7. The molecule has 1 N–H and O–H groups in total. The van der Waals surface area contributed by atoms with E-state index in [9.17, 15) is 10.1 Å². The largest absolute Gasteiger partial charge is 0.490 e. The first-order valence-corrected chi connectivity index (χ1v) is 10.1. The molecule has 0 spiro atoms. The first-order valence-electron chi connectivity index (χ1n) is 10.1. The van der Waals surface area contributed by atoms with Crippen LogP contribution >= 0.6 is 0 Å². The van der Waals surface area contributed by atoms with Gasteiger partial charge in [-0.25, -0.2) is 0 Å². The van der Waals surface area contributed by atoms with Gasteiger partial charge in [-0.05, 0) is 68.4 Å². The number of nitriles is 1. The van der Waals surface area contributed by atoms with E-state index in [0.717, 1.165) is 18.6 Å². The summed E-state index contributed by atoms with van der Waals surface area (Å²) in [6.07, 6.45) is 6.03. The van der Waals surface area contributed by atoms with E-state index in [2.05, 4.69) is 42.6 Å². The number of amides is 1. The highest BCUT2D eigenvalue weighted by Crippen LogP contribution is 2.60. The lowest BCUT2D eigenvalue weighted by Crippen LogP contribution is -2.46. The third-order valence-corrected chi connectivity index (χ3v) is 7.61. The summed E-state index contributed by atoms with van der Waals surface area (Å²) in [5.41, 5.74) is 1.25. The number of benzene rings is 1. The molecule has 1 saturated heterocycles. The summed E-state index contributed by atoms with van der Waals surface area (Å²) >= 11 is 0. The molecule has 4 heteroatoms. The van der Waals surface area contributed by atoms with Crippen molar-refractivity contribution >= 4 is 5.91 Å². The fraction of sp³-hybridized carbons (Fsp3) is 0.636. The van der Waals surface area contributed by atoms with Crippen molar-refractivity contribution in [2.24, 2.45) is 35.5 Å². The summed E-state index contributed by atoms with van der Waals surface area (Å²) in [6, 6.07) is 10.9. The monoisotopic (exact) mass is 350 g/mol. The smallest absolute Gasteiger partial charge is 0.237 e. The van der Waals surface area contributed by atoms with Crippen LogP contribution in [-0.2, 0) is 4.79 Å². The quantitative estimate of drug-likeness (QED) is 0.888. The Kier molecular flexibility index (Phi) is 3.74. The van der Waals surface area contributed by atoms with Crippen LogP contribution in [-0.4, -0.2) is 18.1 Å². The number of rotatable bonds is 2. The van der Waals surface area contributed by atoms with Gasteiger partial charge in [-0.1, -0.05) is 24.1 Å². The lowest BCUT2D eigenvalue weighted by Gasteiger charge is -2.46. The molecule has 1 heterocycles. The van der Waals surface area contributed by atoms with Crippen LogP contribution in [0.15, 0.2) is 24.3 Å². The molecule has 8 atom stereocenters. The molecular weight excluding hydrogens is 324 g/mol. The van der Waals surface area contributed by atoms with Gasteiger partial charge < -0.3 is 10.1 Å². The maximum absolute atomic E-state index is 12.2. The average Bonchev–Trinajstić information content (AvgIpc) is 3.14. The van der Waals surface area contributed by atoms with Crippen LogP contribution in [0.25, 0.3) is 0 Å². The van der Waals surface area contributed by atoms with Gasteiger partial charge in [0.1, 0.15) is 17.8 Å². The van der Waals surface area contributed by atoms with Crippen LogP contribution in [0.4, 0.5) is 0 Å². The number of ether oxygens (including phenoxy) is 1. The van der Waals surface area contributed by atoms with E-state index in [1.807, 2.05) is 0 Å². The van der Waals surface area contributed by atoms with Gasteiger partial charge >= 0.3 is 0 Å². The third kappa shape index (κ3) is 2.29. The standard InChI is InChI=1S/C22H26N2O2/c1-12-5-7-13(8-6-12)26-18-10-9-15-19-14(18)3-2-4-16(19)21-20(15)17(11-23)22(25)24-21/h5-8,14-21H,2-4,9-10H2,1H3,(H,24,25). The van der Waals surface area contributed by atoms with E-state index in [1.54, 1.807) is 0 Å². The molecule has 1 aromatic rings. The summed E-state index contributed by atoms with van der Waals surface area (Å²) < 4.78 is 6.45. The van der Waals surface area contributed by atoms with Gasteiger partial charge in [0.15, 0.2) is 0 Å². The molecule has 136 valence electrons. The van der Waals surface area contributed by atoms with E-state index in [4.69, 9.17) is 4.74 Å². The molecular formula is C22H26N2O2. The van der Waals surface area contributed by atoms with E-state index >= 15 is 0 Å². The second kappa shape index (κ2) is 6.01. The molecule has 3 saturated carbocycles. The van der Waals surface area contributed by atoms with Gasteiger partial charge in [-0.3, -0.25) is 4.79 Å². The Morgan fingerprint density at radius 2 is 1.81 bits per heavy atom. The lowest BCUT2D eigenvalue weighted by molar-refractivity contribution is -0.122. The fourth-order valence-corrected chi connectivity index (χ4v) is 6.71. The van der Waals surface area contributed by atoms with Crippen LogP contribution in [0.1, 0.15) is 37.7 Å². The number of hydrogen-bond donors (Lipinski definition) is 1. The predicted octanol–water partition coefficient (Wildman–Crippen LogP) is 3.45. The van der Waals surface area contributed by atoms with Gasteiger partial charge in [0, 0.05) is 12.0 Å². The zero-order valence-electron chi connectivity index (χ0n) is 15.2. The number of nitrogens with one attached hydrogen (secondary N) is 1. The maximum Gasteiger partial charge on any atom is 0.237 e. The molecule has 1 amide bonds. The zero-order chi connectivity index (χ0) is 17.8. The number of nitrogens with zero attached hydrogens (tertiary/aromatic N) is 1. The van der Waals surface area contributed by atoms with E-state index in [1.165, 1.54) is 24.8 Å². The van der Waals surface area contributed by atoms with Crippen molar-refractivity contribution in [3.8, 4) is 11.8 Å². The Labute approximate surface area is 154 Å². The molecule has 1 aromatic carbocycles. The second-order valence-electron chi connectivity index (χ2n) is 8.77. The molecule has 26 heavy (non-hydrogen) atoms. The Balaban J connectivity index is 1.41. The third-order valence-electron chi connectivity index (χ3n) is 7.61. The minimum absolute atomic E-state index is 0.0268. The minimum atomic E-state index is -0.439. The molecule has 4 aliphatic rings. The number of carbonyl (C=O) groups excluding carboxylic acids is 1. The summed E-state index contributed by atoms with van der Waals surface area (Å²) in [5.74, 6) is 2.96. The van der Waals surface area contributed by atoms with Crippen molar-refractivity contribution in [1.82, 2.24) is 5.32 Å². The summed E-state index contributed by atoms with van der Waals surface area (Å²) in [4.78, 5) is 12.2. The summed E-state index contributed by atoms with van der Waals surface area (Å²) in [6.45, 7) is 2.10. The highest BCUT2D eigenvalue weighted by atomic mass is 16.5. The van der Waals surface area contributed by atoms with Crippen LogP contribution < -0.4 is 10.1 Å². The van der Waals surface area contributed by atoms with Crippen LogP contribution in [0.3, 0.4) is 0 Å². The molecule has 4 fully saturated rings. The van der Waals surface area contributed by atoms with Crippen molar-refractivity contribution in [1.29, 1.82) is 5.26 Å². The van der Waals surface area contributed by atoms with Gasteiger partial charge in [-0.2, -0.15) is 5.26 Å². The second-order valence-corrected chi connectivity index (χ2v) is 8.77. The van der Waals surface area contributed by atoms with Gasteiger partial charge in [0.25, 0.3) is 0 Å². The SMILES string of the molecule is Cc1ccc(OC2CCC3C4C2CCCC4C2NC(=O)C(C#N)C32)cc1. The minimum Gasteiger partial charge on any atom is -0.490 e. The molecule has 0 radical (unpaired) electrons. The van der Waals surface area contributed by atoms with Crippen molar-refractivity contribution < 1.29 is 9.53 Å². The average molecular weight is 350 g/mol. The highest BCUT2D eigenvalue weighted by Gasteiger charge is 2.63. The highest BCUT2D eigenvalue weighted by molar-refractivity contribution is 5.84. The number of hydrogen-bond acceptors (Lipinski definition) is 3. The molecule has 0 aromatic heterocycles. The first kappa shape index (κ1) is 16.2. The molecule has 8 unspecified atom stereocenters. The van der Waals surface area contributed by atoms with Crippen molar-refractivity contribution in [3.63, 3.8) is 0 Å². The molecule has 0 bridgehead atoms. The van der Waals surface area contributed by atoms with E-state index in [0.29, 0.717) is 23.7 Å². The Morgan fingerprint density at radius 3 is 2.58 bits per heavy atom. The molecule has 3 aliphatic carbocycles. The number of carbonyl (C=O) groups is 1. The van der Waals surface area contributed by atoms with E-state index < -0.39 is 5.92 Å². The van der Waals surface area contributed by atoms with Crippen molar-refractivity contribution in [3.05, 3.63) is 29.8 Å². The fourth-order valence-electron chi connectivity index (χ4n) is 6.71. The molecule has 4 nitrogen and oxygen atoms in total. The van der Waals surface area contributed by atoms with Crippen molar-refractivity contribution in [2.45, 2.75) is 51.2 Å². The van der Waals surface area contributed by atoms with Crippen LogP contribution in [0.2, 0.25) is 0 Å². The van der Waals surface area contributed by atoms with Crippen LogP contribution in [0.5, 0.6) is 5.75 Å². The van der Waals surface area contributed by atoms with E-state index in [-0.39, 0.29) is 24.0 Å². The normalized spacial score (nSPS) is 43.2. The molecule has 5 rings (SSSR count). The Morgan fingerprint density at radius 1 is 1.04 bits per heavy atom. The molecule has 1 aliphatic heterocycles. The summed E-state index contributed by atoms with van der Waals surface area (Å²) in [7, 11) is 0. The van der Waals surface area contributed by atoms with Gasteiger partial charge in [-0.15, -0.1) is 0 Å². The summed E-state index contributed by atoms with van der Waals surface area (Å²) in [5, 5.41) is 12.7. The van der Waals surface area contributed by atoms with Crippen LogP contribution in [0, 0.1) is 53.8 Å². The Hall–Kier alpha value is -2.02. The van der Waals surface area contributed by atoms with Gasteiger partial charge in [0.05, 0.1) is 6.07 Å². The topological polar surface area (TPSA) is 62.1 Å².